The summed E-state index contributed by atoms with van der Waals surface area (Å²) < 4.78 is 5.34. The Kier molecular flexibility index (Phi) is 7.53. The molecule has 0 spiro atoms. The number of rotatable bonds is 7. The Morgan fingerprint density at radius 1 is 0.897 bits per heavy atom. The summed E-state index contributed by atoms with van der Waals surface area (Å²) >= 11 is 0. The maximum absolute atomic E-state index is 12.5. The van der Waals surface area contributed by atoms with Crippen molar-refractivity contribution in [2.24, 2.45) is 0 Å². The van der Waals surface area contributed by atoms with Crippen molar-refractivity contribution in [1.29, 1.82) is 0 Å². The fourth-order valence-electron chi connectivity index (χ4n) is 2.67. The highest BCUT2D eigenvalue weighted by Gasteiger charge is 2.20. The smallest absolute Gasteiger partial charge is 0.338 e. The first-order valence-electron chi connectivity index (χ1n) is 9.63. The monoisotopic (exact) mass is 396 g/mol. The van der Waals surface area contributed by atoms with E-state index in [-0.39, 0.29) is 17.9 Å². The van der Waals surface area contributed by atoms with Gasteiger partial charge in [-0.25, -0.2) is 9.59 Å². The molecule has 29 heavy (non-hydrogen) atoms. The Morgan fingerprint density at radius 2 is 1.52 bits per heavy atom. The average molecular weight is 396 g/mol. The van der Waals surface area contributed by atoms with Crippen molar-refractivity contribution in [3.63, 3.8) is 0 Å². The summed E-state index contributed by atoms with van der Waals surface area (Å²) in [6, 6.07) is 11.9. The van der Waals surface area contributed by atoms with E-state index in [9.17, 15) is 14.4 Å². The van der Waals surface area contributed by atoms with Crippen LogP contribution in [0, 0.1) is 13.8 Å². The number of benzene rings is 2. The second-order valence-corrected chi connectivity index (χ2v) is 7.39. The number of aryl methyl sites for hydroxylation is 2. The lowest BCUT2D eigenvalue weighted by atomic mass is 10.0. The minimum atomic E-state index is -0.884. The van der Waals surface area contributed by atoms with Gasteiger partial charge in [0.25, 0.3) is 0 Å². The maximum atomic E-state index is 12.5. The zero-order valence-electron chi connectivity index (χ0n) is 17.5. The van der Waals surface area contributed by atoms with Crippen molar-refractivity contribution in [2.75, 3.05) is 0 Å². The number of carbonyl (C=O) groups is 3. The summed E-state index contributed by atoms with van der Waals surface area (Å²) in [5.74, 6) is -0.801. The first-order chi connectivity index (χ1) is 13.7. The van der Waals surface area contributed by atoms with Crippen LogP contribution in [-0.4, -0.2) is 29.9 Å². The van der Waals surface area contributed by atoms with Gasteiger partial charge in [-0.05, 0) is 69.5 Å². The van der Waals surface area contributed by atoms with Crippen LogP contribution in [-0.2, 0) is 11.3 Å². The average Bonchev–Trinajstić information content (AvgIpc) is 2.67. The molecular weight excluding hydrogens is 368 g/mol. The van der Waals surface area contributed by atoms with Crippen LogP contribution in [0.1, 0.15) is 58.2 Å². The van der Waals surface area contributed by atoms with Gasteiger partial charge in [0.2, 0.25) is 5.78 Å². The second kappa shape index (κ2) is 9.87. The highest BCUT2D eigenvalue weighted by atomic mass is 16.5. The number of nitrogens with one attached hydrogen (secondary N) is 2. The van der Waals surface area contributed by atoms with E-state index in [4.69, 9.17) is 4.74 Å². The molecule has 0 saturated carbocycles. The largest absolute Gasteiger partial charge is 0.451 e. The van der Waals surface area contributed by atoms with Crippen LogP contribution in [0.2, 0.25) is 0 Å². The molecule has 6 nitrogen and oxygen atoms in total. The number of amides is 2. The van der Waals surface area contributed by atoms with Crippen LogP contribution in [0.3, 0.4) is 0 Å². The summed E-state index contributed by atoms with van der Waals surface area (Å²) in [5, 5.41) is 5.48. The van der Waals surface area contributed by atoms with Crippen molar-refractivity contribution >= 4 is 17.8 Å². The molecule has 154 valence electrons. The predicted octanol–water partition coefficient (Wildman–Crippen LogP) is 3.94. The van der Waals surface area contributed by atoms with Crippen molar-refractivity contribution in [2.45, 2.75) is 53.3 Å². The third-order valence-corrected chi connectivity index (χ3v) is 4.51. The van der Waals surface area contributed by atoms with E-state index in [1.165, 1.54) is 0 Å². The van der Waals surface area contributed by atoms with E-state index in [0.29, 0.717) is 17.7 Å². The second-order valence-electron chi connectivity index (χ2n) is 7.39. The van der Waals surface area contributed by atoms with E-state index >= 15 is 0 Å². The Hall–Kier alpha value is -3.15. The van der Waals surface area contributed by atoms with E-state index in [0.717, 1.165) is 16.7 Å². The standard InChI is InChI=1S/C23H28N2O4/c1-14(2)25-23(28)24-13-18-7-10-19(11-8-18)22(27)29-17(5)21(26)20-9-6-15(3)16(4)12-20/h6-12,14,17H,13H2,1-5H3,(H2,24,25,28)/t17-/m0/s1. The molecule has 1 atom stereocenters. The molecule has 6 heteroatoms. The van der Waals surface area contributed by atoms with Crippen molar-refractivity contribution < 1.29 is 19.1 Å². The number of carbonyl (C=O) groups excluding carboxylic acids is 3. The van der Waals surface area contributed by atoms with Gasteiger partial charge in [0.1, 0.15) is 0 Å². The Labute approximate surface area is 171 Å². The van der Waals surface area contributed by atoms with Gasteiger partial charge in [0, 0.05) is 18.2 Å². The van der Waals surface area contributed by atoms with Crippen molar-refractivity contribution in [3.05, 3.63) is 70.3 Å². The van der Waals surface area contributed by atoms with Crippen LogP contribution in [0.25, 0.3) is 0 Å². The molecule has 2 N–H and O–H groups in total. The lowest BCUT2D eigenvalue weighted by molar-refractivity contribution is 0.0319. The molecule has 0 aliphatic carbocycles. The molecule has 2 amide bonds. The number of urea groups is 1. The van der Waals surface area contributed by atoms with Crippen LogP contribution >= 0.6 is 0 Å². The summed E-state index contributed by atoms with van der Waals surface area (Å²) in [7, 11) is 0. The van der Waals surface area contributed by atoms with Gasteiger partial charge in [-0.3, -0.25) is 4.79 Å². The molecule has 0 saturated heterocycles. The minimum Gasteiger partial charge on any atom is -0.451 e. The van der Waals surface area contributed by atoms with Crippen LogP contribution < -0.4 is 10.6 Å². The number of hydrogen-bond acceptors (Lipinski definition) is 4. The van der Waals surface area contributed by atoms with Crippen molar-refractivity contribution in [3.8, 4) is 0 Å². The molecular formula is C23H28N2O4. The van der Waals surface area contributed by atoms with E-state index in [1.807, 2.05) is 33.8 Å². The number of hydrogen-bond donors (Lipinski definition) is 2. The molecule has 0 unspecified atom stereocenters. The van der Waals surface area contributed by atoms with E-state index in [1.54, 1.807) is 43.3 Å². The topological polar surface area (TPSA) is 84.5 Å². The molecule has 0 aliphatic rings. The fraction of sp³-hybridized carbons (Fsp3) is 0.348. The van der Waals surface area contributed by atoms with Gasteiger partial charge in [-0.1, -0.05) is 24.3 Å². The number of ether oxygens (including phenoxy) is 1. The molecule has 0 bridgehead atoms. The van der Waals surface area contributed by atoms with E-state index in [2.05, 4.69) is 10.6 Å². The van der Waals surface area contributed by atoms with Gasteiger partial charge in [0.15, 0.2) is 6.10 Å². The first kappa shape index (κ1) is 22.1. The molecule has 0 aromatic heterocycles. The minimum absolute atomic E-state index is 0.0562. The summed E-state index contributed by atoms with van der Waals surface area (Å²) in [6.07, 6.45) is -0.884. The summed E-state index contributed by atoms with van der Waals surface area (Å²) in [6.45, 7) is 9.59. The third-order valence-electron chi connectivity index (χ3n) is 4.51. The first-order valence-corrected chi connectivity index (χ1v) is 9.63. The highest BCUT2D eigenvalue weighted by molar-refractivity contribution is 6.01. The normalized spacial score (nSPS) is 11.7. The summed E-state index contributed by atoms with van der Waals surface area (Å²) in [5.41, 5.74) is 3.83. The maximum Gasteiger partial charge on any atom is 0.338 e. The van der Waals surface area contributed by atoms with Crippen LogP contribution in [0.15, 0.2) is 42.5 Å². The molecule has 2 aromatic rings. The molecule has 0 radical (unpaired) electrons. The number of ketones is 1. The Morgan fingerprint density at radius 3 is 2.10 bits per heavy atom. The molecule has 2 aromatic carbocycles. The molecule has 0 fully saturated rings. The van der Waals surface area contributed by atoms with Gasteiger partial charge in [-0.2, -0.15) is 0 Å². The molecule has 2 rings (SSSR count). The number of Topliss-reactive ketones (excluding diaryl/α,β-unsaturated/α-hetero) is 1. The lowest BCUT2D eigenvalue weighted by Gasteiger charge is -2.14. The zero-order chi connectivity index (χ0) is 21.6. The highest BCUT2D eigenvalue weighted by Crippen LogP contribution is 2.14. The van der Waals surface area contributed by atoms with Gasteiger partial charge < -0.3 is 15.4 Å². The third kappa shape index (κ3) is 6.45. The Balaban J connectivity index is 1.93. The Bertz CT molecular complexity index is 888. The van der Waals surface area contributed by atoms with Gasteiger partial charge in [-0.15, -0.1) is 0 Å². The van der Waals surface area contributed by atoms with Gasteiger partial charge in [0.05, 0.1) is 5.56 Å². The molecule has 0 heterocycles. The zero-order valence-corrected chi connectivity index (χ0v) is 17.5. The van der Waals surface area contributed by atoms with Gasteiger partial charge >= 0.3 is 12.0 Å². The van der Waals surface area contributed by atoms with Crippen LogP contribution in [0.5, 0.6) is 0 Å². The van der Waals surface area contributed by atoms with Crippen LogP contribution in [0.4, 0.5) is 4.79 Å². The lowest BCUT2D eigenvalue weighted by Crippen LogP contribution is -2.39. The SMILES string of the molecule is Cc1ccc(C(=O)[C@H](C)OC(=O)c2ccc(CNC(=O)NC(C)C)cc2)cc1C. The van der Waals surface area contributed by atoms with E-state index < -0.39 is 12.1 Å². The summed E-state index contributed by atoms with van der Waals surface area (Å²) in [4.78, 5) is 36.5. The fourth-order valence-corrected chi connectivity index (χ4v) is 2.67. The molecule has 0 aliphatic heterocycles. The number of esters is 1. The quantitative estimate of drug-likeness (QED) is 0.548. The predicted molar refractivity (Wildman–Crippen MR) is 112 cm³/mol. The van der Waals surface area contributed by atoms with Crippen molar-refractivity contribution in [1.82, 2.24) is 10.6 Å².